The molecule has 0 aliphatic carbocycles. The van der Waals surface area contributed by atoms with Crippen molar-refractivity contribution in [2.24, 2.45) is 0 Å². The molecule has 2 aromatic rings. The number of aryl methyl sites for hydroxylation is 2. The van der Waals surface area contributed by atoms with Crippen molar-refractivity contribution in [1.82, 2.24) is 10.4 Å². The lowest BCUT2D eigenvalue weighted by Gasteiger charge is -2.28. The van der Waals surface area contributed by atoms with Crippen molar-refractivity contribution in [3.05, 3.63) is 64.7 Å². The molecule has 7 heteroatoms. The van der Waals surface area contributed by atoms with E-state index in [9.17, 15) is 14.7 Å². The number of hydrogen-bond acceptors (Lipinski definition) is 5. The molecule has 30 heavy (non-hydrogen) atoms. The van der Waals surface area contributed by atoms with Gasteiger partial charge in [0.05, 0.1) is 12.0 Å². The summed E-state index contributed by atoms with van der Waals surface area (Å²) in [7, 11) is 0. The van der Waals surface area contributed by atoms with Crippen LogP contribution in [0.4, 0.5) is 0 Å². The van der Waals surface area contributed by atoms with Crippen LogP contribution < -0.4 is 10.2 Å². The van der Waals surface area contributed by atoms with Gasteiger partial charge in [-0.1, -0.05) is 41.5 Å². The fraction of sp³-hybridized carbons (Fsp3) is 0.391. The monoisotopic (exact) mass is 412 g/mol. The lowest BCUT2D eigenvalue weighted by molar-refractivity contribution is -0.144. The van der Waals surface area contributed by atoms with Crippen LogP contribution in [-0.4, -0.2) is 46.2 Å². The summed E-state index contributed by atoms with van der Waals surface area (Å²) in [6.45, 7) is 6.03. The minimum absolute atomic E-state index is 0.318. The molecule has 2 unspecified atom stereocenters. The van der Waals surface area contributed by atoms with Gasteiger partial charge in [-0.05, 0) is 50.5 Å². The first-order valence-electron chi connectivity index (χ1n) is 9.97. The second-order valence-electron chi connectivity index (χ2n) is 7.95. The smallest absolute Gasteiger partial charge is 0.265 e. The minimum Gasteiger partial charge on any atom is -0.489 e. The SMILES string of the molecule is Cc1cc(C)cc(COc2ccc(C3(CO)CCN(C(C)C(=O)NO)C3=O)cc2)c1. The zero-order chi connectivity index (χ0) is 21.9. The maximum Gasteiger partial charge on any atom is 0.265 e. The molecule has 0 saturated carbocycles. The van der Waals surface area contributed by atoms with Gasteiger partial charge in [0.15, 0.2) is 0 Å². The number of benzene rings is 2. The molecular formula is C23H28N2O5. The first-order chi connectivity index (χ1) is 14.3. The summed E-state index contributed by atoms with van der Waals surface area (Å²) >= 11 is 0. The normalized spacial score (nSPS) is 19.6. The molecule has 2 atom stereocenters. The standard InChI is InChI=1S/C23H28N2O5/c1-15-10-16(2)12-18(11-15)13-30-20-6-4-19(5-7-20)23(14-26)8-9-25(22(23)28)17(3)21(27)24-29/h4-7,10-12,17,26,29H,8-9,13-14H2,1-3H3,(H,24,27). The molecule has 0 spiro atoms. The summed E-state index contributed by atoms with van der Waals surface area (Å²) in [4.78, 5) is 26.2. The number of nitrogens with zero attached hydrogens (tertiary/aromatic N) is 1. The Morgan fingerprint density at radius 2 is 1.83 bits per heavy atom. The molecule has 160 valence electrons. The van der Waals surface area contributed by atoms with Crippen LogP contribution in [0.3, 0.4) is 0 Å². The average Bonchev–Trinajstić information content (AvgIpc) is 3.08. The van der Waals surface area contributed by atoms with E-state index in [1.54, 1.807) is 36.7 Å². The summed E-state index contributed by atoms with van der Waals surface area (Å²) in [5.41, 5.74) is 4.60. The number of hydrogen-bond donors (Lipinski definition) is 3. The molecule has 1 fully saturated rings. The summed E-state index contributed by atoms with van der Waals surface area (Å²) in [6.07, 6.45) is 0.383. The highest BCUT2D eigenvalue weighted by atomic mass is 16.5. The molecule has 2 amide bonds. The van der Waals surface area contributed by atoms with Gasteiger partial charge in [-0.3, -0.25) is 14.8 Å². The van der Waals surface area contributed by atoms with Crippen molar-refractivity contribution >= 4 is 11.8 Å². The average molecular weight is 412 g/mol. The predicted octanol–water partition coefficient (Wildman–Crippen LogP) is 2.24. The molecule has 0 radical (unpaired) electrons. The van der Waals surface area contributed by atoms with E-state index in [-0.39, 0.29) is 12.5 Å². The van der Waals surface area contributed by atoms with Gasteiger partial charge in [-0.25, -0.2) is 5.48 Å². The number of aliphatic hydroxyl groups is 1. The van der Waals surface area contributed by atoms with Crippen LogP contribution in [0.2, 0.25) is 0 Å². The lowest BCUT2D eigenvalue weighted by Crippen LogP contribution is -2.49. The highest BCUT2D eigenvalue weighted by Gasteiger charge is 2.49. The maximum absolute atomic E-state index is 13.1. The van der Waals surface area contributed by atoms with Crippen molar-refractivity contribution in [3.8, 4) is 5.75 Å². The summed E-state index contributed by atoms with van der Waals surface area (Å²) in [5.74, 6) is -0.321. The van der Waals surface area contributed by atoms with E-state index in [2.05, 4.69) is 18.2 Å². The molecule has 1 aliphatic rings. The van der Waals surface area contributed by atoms with Crippen molar-refractivity contribution in [2.75, 3.05) is 13.2 Å². The van der Waals surface area contributed by atoms with Crippen LogP contribution in [0.5, 0.6) is 5.75 Å². The van der Waals surface area contributed by atoms with E-state index in [4.69, 9.17) is 9.94 Å². The Kier molecular flexibility index (Phi) is 6.43. The zero-order valence-electron chi connectivity index (χ0n) is 17.5. The van der Waals surface area contributed by atoms with Gasteiger partial charge in [0.25, 0.3) is 5.91 Å². The van der Waals surface area contributed by atoms with Crippen LogP contribution in [0, 0.1) is 13.8 Å². The molecule has 0 aromatic heterocycles. The van der Waals surface area contributed by atoms with E-state index in [1.807, 2.05) is 13.8 Å². The van der Waals surface area contributed by atoms with Gasteiger partial charge < -0.3 is 14.7 Å². The highest BCUT2D eigenvalue weighted by Crippen LogP contribution is 2.37. The predicted molar refractivity (Wildman–Crippen MR) is 111 cm³/mol. The number of carbonyl (C=O) groups excluding carboxylic acids is 2. The molecule has 2 aromatic carbocycles. The number of likely N-dealkylation sites (tertiary alicyclic amines) is 1. The van der Waals surface area contributed by atoms with E-state index in [0.29, 0.717) is 30.9 Å². The number of amides is 2. The Balaban J connectivity index is 1.74. The Labute approximate surface area is 176 Å². The lowest BCUT2D eigenvalue weighted by atomic mass is 9.79. The van der Waals surface area contributed by atoms with Crippen molar-refractivity contribution in [2.45, 2.75) is 45.3 Å². The molecular weight excluding hydrogens is 384 g/mol. The quantitative estimate of drug-likeness (QED) is 0.479. The first kappa shape index (κ1) is 21.8. The van der Waals surface area contributed by atoms with E-state index in [0.717, 1.165) is 5.56 Å². The van der Waals surface area contributed by atoms with Gasteiger partial charge in [0.2, 0.25) is 5.91 Å². The van der Waals surface area contributed by atoms with Crippen LogP contribution in [0.15, 0.2) is 42.5 Å². The van der Waals surface area contributed by atoms with E-state index < -0.39 is 17.4 Å². The Hall–Kier alpha value is -2.90. The number of carbonyl (C=O) groups is 2. The van der Waals surface area contributed by atoms with Crippen LogP contribution >= 0.6 is 0 Å². The Morgan fingerprint density at radius 3 is 2.40 bits per heavy atom. The third kappa shape index (κ3) is 4.17. The third-order valence-corrected chi connectivity index (χ3v) is 5.77. The summed E-state index contributed by atoms with van der Waals surface area (Å²) < 4.78 is 5.88. The number of nitrogens with one attached hydrogen (secondary N) is 1. The number of hydroxylamine groups is 1. The Morgan fingerprint density at radius 1 is 1.20 bits per heavy atom. The molecule has 0 bridgehead atoms. The number of aliphatic hydroxyl groups excluding tert-OH is 1. The molecule has 3 N–H and O–H groups in total. The highest BCUT2D eigenvalue weighted by molar-refractivity contribution is 5.94. The first-order valence-corrected chi connectivity index (χ1v) is 9.97. The van der Waals surface area contributed by atoms with Gasteiger partial charge in [-0.2, -0.15) is 0 Å². The van der Waals surface area contributed by atoms with Gasteiger partial charge in [0, 0.05) is 6.54 Å². The maximum atomic E-state index is 13.1. The number of ether oxygens (including phenoxy) is 1. The largest absolute Gasteiger partial charge is 0.489 e. The fourth-order valence-electron chi connectivity index (χ4n) is 4.09. The molecule has 1 saturated heterocycles. The molecule has 1 heterocycles. The zero-order valence-corrected chi connectivity index (χ0v) is 17.5. The topological polar surface area (TPSA) is 99.1 Å². The summed E-state index contributed by atoms with van der Waals surface area (Å²) in [6, 6.07) is 12.6. The van der Waals surface area contributed by atoms with Gasteiger partial charge in [-0.15, -0.1) is 0 Å². The minimum atomic E-state index is -1.10. The van der Waals surface area contributed by atoms with Crippen LogP contribution in [-0.2, 0) is 21.6 Å². The van der Waals surface area contributed by atoms with E-state index in [1.165, 1.54) is 16.0 Å². The molecule has 7 nitrogen and oxygen atoms in total. The van der Waals surface area contributed by atoms with Gasteiger partial charge in [0.1, 0.15) is 18.4 Å². The van der Waals surface area contributed by atoms with Crippen LogP contribution in [0.1, 0.15) is 35.6 Å². The van der Waals surface area contributed by atoms with Crippen molar-refractivity contribution in [1.29, 1.82) is 0 Å². The second kappa shape index (κ2) is 8.85. The molecule has 1 aliphatic heterocycles. The van der Waals surface area contributed by atoms with Crippen molar-refractivity contribution in [3.63, 3.8) is 0 Å². The fourth-order valence-corrected chi connectivity index (χ4v) is 4.09. The van der Waals surface area contributed by atoms with Crippen LogP contribution in [0.25, 0.3) is 0 Å². The number of rotatable bonds is 7. The third-order valence-electron chi connectivity index (χ3n) is 5.77. The second-order valence-corrected chi connectivity index (χ2v) is 7.95. The Bertz CT molecular complexity index is 907. The summed E-state index contributed by atoms with van der Waals surface area (Å²) in [5, 5.41) is 18.9. The van der Waals surface area contributed by atoms with E-state index >= 15 is 0 Å². The molecule has 3 rings (SSSR count). The van der Waals surface area contributed by atoms with Crippen molar-refractivity contribution < 1.29 is 24.6 Å². The van der Waals surface area contributed by atoms with Gasteiger partial charge >= 0.3 is 0 Å².